The van der Waals surface area contributed by atoms with Crippen LogP contribution in [-0.2, 0) is 6.42 Å². The number of nitrogens with zero attached hydrogens (tertiary/aromatic N) is 5. The minimum absolute atomic E-state index is 0.123. The first-order valence-corrected chi connectivity index (χ1v) is 10.7. The maximum absolute atomic E-state index is 9.78. The molecule has 2 N–H and O–H groups in total. The van der Waals surface area contributed by atoms with Crippen LogP contribution in [0, 0.1) is 5.41 Å². The van der Waals surface area contributed by atoms with E-state index in [-0.39, 0.29) is 17.6 Å². The van der Waals surface area contributed by atoms with Crippen molar-refractivity contribution in [2.24, 2.45) is 5.41 Å². The van der Waals surface area contributed by atoms with E-state index in [1.54, 1.807) is 6.33 Å². The molecule has 1 fully saturated rings. The molecule has 4 rings (SSSR count). The van der Waals surface area contributed by atoms with E-state index in [1.807, 2.05) is 12.4 Å². The fourth-order valence-electron chi connectivity index (χ4n) is 4.43. The average Bonchev–Trinajstić information content (AvgIpc) is 2.67. The van der Waals surface area contributed by atoms with Crippen molar-refractivity contribution in [1.29, 1.82) is 0 Å². The number of nitrogens with one attached hydrogen (secondary N) is 1. The molecule has 1 aliphatic heterocycles. The molecular weight excluding hydrogens is 364 g/mol. The van der Waals surface area contributed by atoms with Crippen LogP contribution < -0.4 is 10.2 Å². The lowest BCUT2D eigenvalue weighted by Crippen LogP contribution is -2.38. The lowest BCUT2D eigenvalue weighted by atomic mass is 9.74. The Morgan fingerprint density at radius 2 is 1.93 bits per heavy atom. The Kier molecular flexibility index (Phi) is 5.42. The summed E-state index contributed by atoms with van der Waals surface area (Å²) in [5.41, 5.74) is 3.55. The summed E-state index contributed by atoms with van der Waals surface area (Å²) in [6.45, 7) is 10.5. The number of anilines is 2. The number of aromatic nitrogens is 4. The first-order chi connectivity index (χ1) is 13.8. The molecule has 156 valence electrons. The van der Waals surface area contributed by atoms with E-state index in [1.165, 1.54) is 5.56 Å². The number of piperidine rings is 1. The molecule has 7 heteroatoms. The first-order valence-electron chi connectivity index (χ1n) is 10.7. The average molecular weight is 397 g/mol. The molecule has 0 bridgehead atoms. The van der Waals surface area contributed by atoms with Crippen molar-refractivity contribution >= 4 is 11.8 Å². The Balaban J connectivity index is 1.63. The second-order valence-corrected chi connectivity index (χ2v) is 9.51. The summed E-state index contributed by atoms with van der Waals surface area (Å²) >= 11 is 0. The van der Waals surface area contributed by atoms with Gasteiger partial charge in [-0.3, -0.25) is 0 Å². The molecular formula is C22H32N6O. The van der Waals surface area contributed by atoms with Crippen molar-refractivity contribution in [3.05, 3.63) is 35.5 Å². The zero-order valence-corrected chi connectivity index (χ0v) is 17.9. The quantitative estimate of drug-likeness (QED) is 0.818. The van der Waals surface area contributed by atoms with Gasteiger partial charge in [-0.2, -0.15) is 0 Å². The molecule has 3 heterocycles. The van der Waals surface area contributed by atoms with Crippen LogP contribution in [0.15, 0.2) is 18.7 Å². The highest BCUT2D eigenvalue weighted by Gasteiger charge is 2.35. The van der Waals surface area contributed by atoms with Gasteiger partial charge in [0.25, 0.3) is 0 Å². The summed E-state index contributed by atoms with van der Waals surface area (Å²) in [6, 6.07) is 0.123. The third kappa shape index (κ3) is 4.34. The van der Waals surface area contributed by atoms with Crippen molar-refractivity contribution in [3.8, 4) is 0 Å². The van der Waals surface area contributed by atoms with Crippen molar-refractivity contribution in [3.63, 3.8) is 0 Å². The van der Waals surface area contributed by atoms with Gasteiger partial charge in [-0.15, -0.1) is 0 Å². The maximum atomic E-state index is 9.78. The highest BCUT2D eigenvalue weighted by atomic mass is 16.3. The second kappa shape index (κ2) is 7.86. The summed E-state index contributed by atoms with van der Waals surface area (Å²) in [6.07, 6.45) is 8.80. The van der Waals surface area contributed by atoms with Gasteiger partial charge in [0.2, 0.25) is 5.95 Å². The van der Waals surface area contributed by atoms with Crippen LogP contribution in [0.2, 0.25) is 0 Å². The van der Waals surface area contributed by atoms with Crippen LogP contribution in [0.3, 0.4) is 0 Å². The van der Waals surface area contributed by atoms with E-state index in [2.05, 4.69) is 47.9 Å². The van der Waals surface area contributed by atoms with Gasteiger partial charge in [0.1, 0.15) is 12.1 Å². The molecule has 1 saturated heterocycles. The summed E-state index contributed by atoms with van der Waals surface area (Å²) in [7, 11) is 0. The topological polar surface area (TPSA) is 87.1 Å². The molecule has 0 aromatic carbocycles. The van der Waals surface area contributed by atoms with Crippen LogP contribution in [0.1, 0.15) is 75.7 Å². The molecule has 1 unspecified atom stereocenters. The fraction of sp³-hybridized carbons (Fsp3) is 0.636. The summed E-state index contributed by atoms with van der Waals surface area (Å²) < 4.78 is 0. The van der Waals surface area contributed by atoms with Crippen LogP contribution in [0.25, 0.3) is 0 Å². The lowest BCUT2D eigenvalue weighted by molar-refractivity contribution is 0.145. The molecule has 1 atom stereocenters. The largest absolute Gasteiger partial charge is 0.393 e. The fourth-order valence-corrected chi connectivity index (χ4v) is 4.43. The molecule has 2 aromatic rings. The Hall–Kier alpha value is -2.28. The normalized spacial score (nSPS) is 21.9. The first kappa shape index (κ1) is 20.0. The molecule has 0 amide bonds. The van der Waals surface area contributed by atoms with Gasteiger partial charge in [0.15, 0.2) is 0 Å². The lowest BCUT2D eigenvalue weighted by Gasteiger charge is -2.38. The molecule has 29 heavy (non-hydrogen) atoms. The van der Waals surface area contributed by atoms with E-state index in [0.29, 0.717) is 5.92 Å². The highest BCUT2D eigenvalue weighted by Crippen LogP contribution is 2.42. The van der Waals surface area contributed by atoms with E-state index in [4.69, 9.17) is 9.97 Å². The number of rotatable bonds is 4. The van der Waals surface area contributed by atoms with Crippen LogP contribution >= 0.6 is 0 Å². The number of aliphatic hydroxyl groups excluding tert-OH is 1. The summed E-state index contributed by atoms with van der Waals surface area (Å²) in [4.78, 5) is 20.6. The zero-order valence-electron chi connectivity index (χ0n) is 17.9. The molecule has 2 aromatic heterocycles. The maximum Gasteiger partial charge on any atom is 0.225 e. The minimum atomic E-state index is -0.195. The van der Waals surface area contributed by atoms with Gasteiger partial charge < -0.3 is 15.3 Å². The van der Waals surface area contributed by atoms with Gasteiger partial charge >= 0.3 is 0 Å². The Bertz CT molecular complexity index is 860. The second-order valence-electron chi connectivity index (χ2n) is 9.51. The van der Waals surface area contributed by atoms with Crippen molar-refractivity contribution in [2.45, 2.75) is 71.4 Å². The third-order valence-corrected chi connectivity index (χ3v) is 6.09. The standard InChI is InChI=1S/C22H32N6O/c1-14(2)16-11-23-13-25-20(16)26-18-9-22(3,4)10-19-17(18)12-24-21(27-19)28-7-5-15(29)6-8-28/h11-15,18,29H,5-10H2,1-4H3,(H,23,25,26). The summed E-state index contributed by atoms with van der Waals surface area (Å²) in [5.74, 6) is 2.04. The molecule has 0 spiro atoms. The van der Waals surface area contributed by atoms with Gasteiger partial charge in [-0.05, 0) is 37.0 Å². The van der Waals surface area contributed by atoms with E-state index in [9.17, 15) is 5.11 Å². The van der Waals surface area contributed by atoms with E-state index < -0.39 is 0 Å². The van der Waals surface area contributed by atoms with Gasteiger partial charge in [-0.1, -0.05) is 27.7 Å². The molecule has 1 aliphatic carbocycles. The number of fused-ring (bicyclic) bond motifs is 1. The minimum Gasteiger partial charge on any atom is -0.393 e. The van der Waals surface area contributed by atoms with E-state index >= 15 is 0 Å². The highest BCUT2D eigenvalue weighted by molar-refractivity contribution is 5.48. The Labute approximate surface area is 173 Å². The van der Waals surface area contributed by atoms with Crippen LogP contribution in [0.4, 0.5) is 11.8 Å². The number of hydrogen-bond acceptors (Lipinski definition) is 7. The van der Waals surface area contributed by atoms with Crippen molar-refractivity contribution in [2.75, 3.05) is 23.3 Å². The zero-order chi connectivity index (χ0) is 20.6. The van der Waals surface area contributed by atoms with Crippen molar-refractivity contribution in [1.82, 2.24) is 19.9 Å². The third-order valence-electron chi connectivity index (χ3n) is 6.09. The molecule has 0 saturated carbocycles. The Morgan fingerprint density at radius 1 is 1.17 bits per heavy atom. The number of hydrogen-bond donors (Lipinski definition) is 2. The van der Waals surface area contributed by atoms with Gasteiger partial charge in [0, 0.05) is 36.6 Å². The molecule has 2 aliphatic rings. The van der Waals surface area contributed by atoms with Crippen LogP contribution in [0.5, 0.6) is 0 Å². The number of aliphatic hydroxyl groups is 1. The van der Waals surface area contributed by atoms with E-state index in [0.717, 1.165) is 61.8 Å². The Morgan fingerprint density at radius 3 is 2.66 bits per heavy atom. The predicted octanol–water partition coefficient (Wildman–Crippen LogP) is 3.48. The molecule has 0 radical (unpaired) electrons. The smallest absolute Gasteiger partial charge is 0.225 e. The van der Waals surface area contributed by atoms with Gasteiger partial charge in [0.05, 0.1) is 17.8 Å². The van der Waals surface area contributed by atoms with Crippen molar-refractivity contribution < 1.29 is 5.11 Å². The van der Waals surface area contributed by atoms with Crippen LogP contribution in [-0.4, -0.2) is 44.2 Å². The predicted molar refractivity (Wildman–Crippen MR) is 114 cm³/mol. The monoisotopic (exact) mass is 396 g/mol. The molecule has 7 nitrogen and oxygen atoms in total. The summed E-state index contributed by atoms with van der Waals surface area (Å²) in [5, 5.41) is 13.5. The van der Waals surface area contributed by atoms with Gasteiger partial charge in [-0.25, -0.2) is 19.9 Å². The SMILES string of the molecule is CC(C)c1cncnc1NC1CC(C)(C)Cc2nc(N3CCC(O)CC3)ncc21.